The first-order valence-corrected chi connectivity index (χ1v) is 7.88. The van der Waals surface area contributed by atoms with Gasteiger partial charge in [-0.2, -0.15) is 0 Å². The van der Waals surface area contributed by atoms with Crippen LogP contribution in [0, 0.1) is 0 Å². The predicted molar refractivity (Wildman–Crippen MR) is 87.4 cm³/mol. The molecule has 2 aromatic carbocycles. The van der Waals surface area contributed by atoms with E-state index in [2.05, 4.69) is 71.4 Å². The summed E-state index contributed by atoms with van der Waals surface area (Å²) in [6.45, 7) is 2.12. The van der Waals surface area contributed by atoms with Crippen molar-refractivity contribution >= 4 is 26.7 Å². The molecule has 0 fully saturated rings. The summed E-state index contributed by atoms with van der Waals surface area (Å²) in [4.78, 5) is 0.294. The molecule has 1 heterocycles. The van der Waals surface area contributed by atoms with Gasteiger partial charge in [0.15, 0.2) is 0 Å². The minimum Gasteiger partial charge on any atom is -0.469 e. The first-order valence-electron chi connectivity index (χ1n) is 6.96. The lowest BCUT2D eigenvalue weighted by molar-refractivity contribution is 0.511. The molecule has 2 heteroatoms. The van der Waals surface area contributed by atoms with Crippen LogP contribution in [0.4, 0.5) is 0 Å². The van der Waals surface area contributed by atoms with E-state index in [0.717, 1.165) is 18.6 Å². The maximum absolute atomic E-state index is 5.53. The standard InChI is InChI=1S/C18H17BrO/c1-2-18-16(10-11-20-18)17(19)12-14-8-5-7-13-6-3-4-9-15(13)14/h3-11,17H,2,12H2,1H3. The largest absolute Gasteiger partial charge is 0.469 e. The van der Waals surface area contributed by atoms with E-state index in [9.17, 15) is 0 Å². The summed E-state index contributed by atoms with van der Waals surface area (Å²) in [7, 11) is 0. The third kappa shape index (κ3) is 2.53. The molecular formula is C18H17BrO. The average molecular weight is 329 g/mol. The molecule has 3 aromatic rings. The molecule has 0 saturated carbocycles. The average Bonchev–Trinajstić information content (AvgIpc) is 2.96. The molecule has 0 aliphatic rings. The second kappa shape index (κ2) is 5.84. The normalized spacial score (nSPS) is 12.7. The minimum atomic E-state index is 0.294. The Bertz CT molecular complexity index is 709. The van der Waals surface area contributed by atoms with Crippen LogP contribution in [-0.4, -0.2) is 0 Å². The molecule has 0 aliphatic heterocycles. The summed E-state index contributed by atoms with van der Waals surface area (Å²) in [5.74, 6) is 1.08. The van der Waals surface area contributed by atoms with Crippen LogP contribution >= 0.6 is 15.9 Å². The number of aryl methyl sites for hydroxylation is 1. The second-order valence-electron chi connectivity index (χ2n) is 4.96. The molecule has 0 aliphatic carbocycles. The maximum Gasteiger partial charge on any atom is 0.107 e. The van der Waals surface area contributed by atoms with E-state index in [-0.39, 0.29) is 0 Å². The van der Waals surface area contributed by atoms with Crippen LogP contribution in [-0.2, 0) is 12.8 Å². The monoisotopic (exact) mass is 328 g/mol. The Labute approximate surface area is 127 Å². The van der Waals surface area contributed by atoms with Crippen LogP contribution in [0.3, 0.4) is 0 Å². The van der Waals surface area contributed by atoms with Crippen LogP contribution in [0.15, 0.2) is 59.2 Å². The Hall–Kier alpha value is -1.54. The van der Waals surface area contributed by atoms with Crippen LogP contribution in [0.1, 0.15) is 28.6 Å². The molecule has 0 radical (unpaired) electrons. The SMILES string of the molecule is CCc1occc1C(Br)Cc1cccc2ccccc12. The van der Waals surface area contributed by atoms with Gasteiger partial charge >= 0.3 is 0 Å². The fourth-order valence-electron chi connectivity index (χ4n) is 2.69. The van der Waals surface area contributed by atoms with Gasteiger partial charge in [-0.1, -0.05) is 65.3 Å². The van der Waals surface area contributed by atoms with Crippen molar-refractivity contribution in [1.29, 1.82) is 0 Å². The van der Waals surface area contributed by atoms with Gasteiger partial charge in [-0.05, 0) is 28.8 Å². The molecule has 3 rings (SSSR count). The highest BCUT2D eigenvalue weighted by atomic mass is 79.9. The molecule has 0 saturated heterocycles. The van der Waals surface area contributed by atoms with Crippen molar-refractivity contribution in [2.24, 2.45) is 0 Å². The predicted octanol–water partition coefficient (Wildman–Crippen LogP) is 5.67. The highest BCUT2D eigenvalue weighted by Crippen LogP contribution is 2.32. The number of furan rings is 1. The van der Waals surface area contributed by atoms with Gasteiger partial charge in [0.05, 0.1) is 6.26 Å². The van der Waals surface area contributed by atoms with Gasteiger partial charge in [-0.15, -0.1) is 0 Å². The highest BCUT2D eigenvalue weighted by Gasteiger charge is 2.15. The number of rotatable bonds is 4. The van der Waals surface area contributed by atoms with Gasteiger partial charge in [0.2, 0.25) is 0 Å². The van der Waals surface area contributed by atoms with E-state index in [1.165, 1.54) is 21.9 Å². The molecule has 1 unspecified atom stereocenters. The van der Waals surface area contributed by atoms with Crippen molar-refractivity contribution in [3.8, 4) is 0 Å². The van der Waals surface area contributed by atoms with Crippen LogP contribution < -0.4 is 0 Å². The van der Waals surface area contributed by atoms with Crippen LogP contribution in [0.25, 0.3) is 10.8 Å². The molecule has 0 N–H and O–H groups in total. The molecule has 0 amide bonds. The van der Waals surface area contributed by atoms with E-state index in [0.29, 0.717) is 4.83 Å². The Morgan fingerprint density at radius 1 is 1.05 bits per heavy atom. The third-order valence-corrected chi connectivity index (χ3v) is 4.53. The van der Waals surface area contributed by atoms with Gasteiger partial charge in [0, 0.05) is 16.8 Å². The number of hydrogen-bond donors (Lipinski definition) is 0. The summed E-state index contributed by atoms with van der Waals surface area (Å²) < 4.78 is 5.53. The van der Waals surface area contributed by atoms with Crippen molar-refractivity contribution in [1.82, 2.24) is 0 Å². The van der Waals surface area contributed by atoms with Gasteiger partial charge in [0.1, 0.15) is 5.76 Å². The summed E-state index contributed by atoms with van der Waals surface area (Å²) in [5.41, 5.74) is 2.63. The topological polar surface area (TPSA) is 13.1 Å². The van der Waals surface area contributed by atoms with Crippen molar-refractivity contribution in [3.05, 3.63) is 71.7 Å². The number of hydrogen-bond acceptors (Lipinski definition) is 1. The van der Waals surface area contributed by atoms with Gasteiger partial charge < -0.3 is 4.42 Å². The Morgan fingerprint density at radius 2 is 1.85 bits per heavy atom. The first-order chi connectivity index (χ1) is 9.79. The zero-order chi connectivity index (χ0) is 13.9. The van der Waals surface area contributed by atoms with Crippen LogP contribution in [0.5, 0.6) is 0 Å². The molecule has 0 spiro atoms. The molecule has 20 heavy (non-hydrogen) atoms. The quantitative estimate of drug-likeness (QED) is 0.562. The molecule has 1 nitrogen and oxygen atoms in total. The summed E-state index contributed by atoms with van der Waals surface area (Å²) in [6, 6.07) is 17.1. The highest BCUT2D eigenvalue weighted by molar-refractivity contribution is 9.09. The van der Waals surface area contributed by atoms with E-state index >= 15 is 0 Å². The van der Waals surface area contributed by atoms with Crippen molar-refractivity contribution in [3.63, 3.8) is 0 Å². The van der Waals surface area contributed by atoms with Gasteiger partial charge in [0.25, 0.3) is 0 Å². The summed E-state index contributed by atoms with van der Waals surface area (Å²) in [5, 5.41) is 2.63. The Kier molecular flexibility index (Phi) is 3.93. The number of alkyl halides is 1. The van der Waals surface area contributed by atoms with Gasteiger partial charge in [-0.25, -0.2) is 0 Å². The van der Waals surface area contributed by atoms with Crippen molar-refractivity contribution in [2.75, 3.05) is 0 Å². The molecule has 1 aromatic heterocycles. The lowest BCUT2D eigenvalue weighted by Gasteiger charge is -2.12. The third-order valence-electron chi connectivity index (χ3n) is 3.72. The lowest BCUT2D eigenvalue weighted by Crippen LogP contribution is -1.98. The van der Waals surface area contributed by atoms with E-state index in [1.54, 1.807) is 6.26 Å². The molecule has 1 atom stereocenters. The molecule has 102 valence electrons. The maximum atomic E-state index is 5.53. The fraction of sp³-hybridized carbons (Fsp3) is 0.222. The number of benzene rings is 2. The fourth-order valence-corrected chi connectivity index (χ4v) is 3.45. The minimum absolute atomic E-state index is 0.294. The van der Waals surface area contributed by atoms with E-state index in [1.807, 2.05) is 0 Å². The summed E-state index contributed by atoms with van der Waals surface area (Å²) >= 11 is 3.82. The second-order valence-corrected chi connectivity index (χ2v) is 6.07. The zero-order valence-corrected chi connectivity index (χ0v) is 13.1. The molecule has 0 bridgehead atoms. The Morgan fingerprint density at radius 3 is 2.70 bits per heavy atom. The van der Waals surface area contributed by atoms with Crippen molar-refractivity contribution in [2.45, 2.75) is 24.6 Å². The van der Waals surface area contributed by atoms with E-state index in [4.69, 9.17) is 4.42 Å². The Balaban J connectivity index is 1.93. The van der Waals surface area contributed by atoms with E-state index < -0.39 is 0 Å². The lowest BCUT2D eigenvalue weighted by atomic mass is 9.98. The van der Waals surface area contributed by atoms with Gasteiger partial charge in [-0.3, -0.25) is 0 Å². The first kappa shape index (κ1) is 13.4. The number of fused-ring (bicyclic) bond motifs is 1. The van der Waals surface area contributed by atoms with Crippen molar-refractivity contribution < 1.29 is 4.42 Å². The summed E-state index contributed by atoms with van der Waals surface area (Å²) in [6.07, 6.45) is 3.68. The number of halogens is 1. The smallest absolute Gasteiger partial charge is 0.107 e. The van der Waals surface area contributed by atoms with Crippen LogP contribution in [0.2, 0.25) is 0 Å². The zero-order valence-electron chi connectivity index (χ0n) is 11.5. The molecular weight excluding hydrogens is 312 g/mol.